The highest BCUT2D eigenvalue weighted by molar-refractivity contribution is 5.76. The molecule has 24 heavy (non-hydrogen) atoms. The summed E-state index contributed by atoms with van der Waals surface area (Å²) in [6, 6.07) is 14.8. The highest BCUT2D eigenvalue weighted by Gasteiger charge is 2.25. The van der Waals surface area contributed by atoms with Gasteiger partial charge in [0, 0.05) is 25.6 Å². The van der Waals surface area contributed by atoms with Gasteiger partial charge >= 0.3 is 0 Å². The monoisotopic (exact) mass is 325 g/mol. The second-order valence-corrected chi connectivity index (χ2v) is 6.38. The van der Waals surface area contributed by atoms with E-state index in [-0.39, 0.29) is 23.3 Å². The molecule has 0 spiro atoms. The zero-order chi connectivity index (χ0) is 16.9. The molecule has 1 heterocycles. The predicted octanol–water partition coefficient (Wildman–Crippen LogP) is 3.44. The topological polar surface area (TPSA) is 60.8 Å². The fourth-order valence-electron chi connectivity index (χ4n) is 3.37. The summed E-state index contributed by atoms with van der Waals surface area (Å²) in [6.45, 7) is 1.44. The number of nitrogens with zero attached hydrogens (tertiary/aromatic N) is 1. The minimum Gasteiger partial charge on any atom is -0.508 e. The molecule has 1 saturated heterocycles. The Morgan fingerprint density at radius 2 is 1.75 bits per heavy atom. The van der Waals surface area contributed by atoms with Gasteiger partial charge in [0.25, 0.3) is 0 Å². The highest BCUT2D eigenvalue weighted by atomic mass is 16.3. The normalized spacial score (nSPS) is 15.4. The number of carbonyl (C=O) groups excluding carboxylic acids is 1. The number of amides is 1. The molecule has 2 N–H and O–H groups in total. The Hall–Kier alpha value is -2.49. The number of likely N-dealkylation sites (tertiary alicyclic amines) is 1. The Morgan fingerprint density at radius 3 is 2.42 bits per heavy atom. The molecule has 126 valence electrons. The molecule has 0 bridgehead atoms. The predicted molar refractivity (Wildman–Crippen MR) is 93.1 cm³/mol. The number of phenols is 2. The molecule has 0 aliphatic carbocycles. The number of hydrogen-bond donors (Lipinski definition) is 2. The van der Waals surface area contributed by atoms with Crippen LogP contribution in [0.4, 0.5) is 0 Å². The molecule has 4 nitrogen and oxygen atoms in total. The molecule has 0 aromatic heterocycles. The van der Waals surface area contributed by atoms with Gasteiger partial charge in [0.2, 0.25) is 5.91 Å². The number of piperidine rings is 1. The lowest BCUT2D eigenvalue weighted by atomic mass is 9.88. The Bertz CT molecular complexity index is 691. The van der Waals surface area contributed by atoms with Crippen LogP contribution in [0, 0.1) is 0 Å². The third kappa shape index (κ3) is 3.88. The summed E-state index contributed by atoms with van der Waals surface area (Å²) in [6.07, 6.45) is 3.00. The molecule has 0 unspecified atom stereocenters. The second kappa shape index (κ2) is 7.39. The first kappa shape index (κ1) is 16.4. The van der Waals surface area contributed by atoms with E-state index in [0.29, 0.717) is 6.42 Å². The molecule has 1 fully saturated rings. The number of aromatic hydroxyl groups is 2. The van der Waals surface area contributed by atoms with Crippen molar-refractivity contribution in [1.82, 2.24) is 4.90 Å². The van der Waals surface area contributed by atoms with Crippen molar-refractivity contribution in [2.45, 2.75) is 31.6 Å². The smallest absolute Gasteiger partial charge is 0.222 e. The van der Waals surface area contributed by atoms with Crippen LogP contribution < -0.4 is 0 Å². The van der Waals surface area contributed by atoms with Gasteiger partial charge in [0.05, 0.1) is 0 Å². The van der Waals surface area contributed by atoms with Gasteiger partial charge in [-0.2, -0.15) is 0 Å². The molecule has 2 aromatic carbocycles. The van der Waals surface area contributed by atoms with Crippen LogP contribution in [0.25, 0.3) is 0 Å². The summed E-state index contributed by atoms with van der Waals surface area (Å²) in [5.41, 5.74) is 2.05. The summed E-state index contributed by atoms with van der Waals surface area (Å²) in [5.74, 6) is 0.657. The maximum absolute atomic E-state index is 12.4. The molecule has 4 heteroatoms. The first-order valence-electron chi connectivity index (χ1n) is 8.47. The molecule has 1 aliphatic heterocycles. The fraction of sp³-hybridized carbons (Fsp3) is 0.350. The maximum atomic E-state index is 12.4. The molecule has 0 atom stereocenters. The first-order valence-corrected chi connectivity index (χ1v) is 8.47. The van der Waals surface area contributed by atoms with E-state index < -0.39 is 0 Å². The van der Waals surface area contributed by atoms with E-state index in [1.54, 1.807) is 12.1 Å². The summed E-state index contributed by atoms with van der Waals surface area (Å²) in [7, 11) is 0. The molecule has 1 amide bonds. The summed E-state index contributed by atoms with van der Waals surface area (Å²) >= 11 is 0. The van der Waals surface area contributed by atoms with Crippen molar-refractivity contribution in [3.8, 4) is 11.5 Å². The number of carbonyl (C=O) groups is 1. The lowest BCUT2D eigenvalue weighted by Gasteiger charge is -2.32. The summed E-state index contributed by atoms with van der Waals surface area (Å²) in [5, 5.41) is 19.4. The van der Waals surface area contributed by atoms with Crippen LogP contribution >= 0.6 is 0 Å². The van der Waals surface area contributed by atoms with E-state index in [9.17, 15) is 15.0 Å². The standard InChI is InChI=1S/C20H23NO3/c22-17-7-8-18(19(23)14-17)16-10-12-21(13-11-16)20(24)9-6-15-4-2-1-3-5-15/h1-5,7-8,14,16,22-23H,6,9-13H2. The third-order valence-electron chi connectivity index (χ3n) is 4.77. The van der Waals surface area contributed by atoms with Crippen molar-refractivity contribution in [2.75, 3.05) is 13.1 Å². The first-order chi connectivity index (χ1) is 11.6. The van der Waals surface area contributed by atoms with Crippen LogP contribution in [-0.2, 0) is 11.2 Å². The molecule has 0 saturated carbocycles. The minimum absolute atomic E-state index is 0.0739. The molecule has 1 aliphatic rings. The van der Waals surface area contributed by atoms with Gasteiger partial charge in [0.15, 0.2) is 0 Å². The quantitative estimate of drug-likeness (QED) is 0.905. The van der Waals surface area contributed by atoms with Crippen molar-refractivity contribution in [1.29, 1.82) is 0 Å². The van der Waals surface area contributed by atoms with Crippen molar-refractivity contribution in [3.63, 3.8) is 0 Å². The zero-order valence-electron chi connectivity index (χ0n) is 13.7. The van der Waals surface area contributed by atoms with Crippen molar-refractivity contribution in [3.05, 3.63) is 59.7 Å². The third-order valence-corrected chi connectivity index (χ3v) is 4.77. The lowest BCUT2D eigenvalue weighted by Crippen LogP contribution is -2.38. The van der Waals surface area contributed by atoms with Gasteiger partial charge in [0.1, 0.15) is 11.5 Å². The van der Waals surface area contributed by atoms with E-state index in [1.165, 1.54) is 11.6 Å². The number of hydrogen-bond acceptors (Lipinski definition) is 3. The number of aryl methyl sites for hydroxylation is 1. The molecular formula is C20H23NO3. The average molecular weight is 325 g/mol. The van der Waals surface area contributed by atoms with E-state index in [0.717, 1.165) is 37.9 Å². The molecule has 3 rings (SSSR count). The van der Waals surface area contributed by atoms with Crippen LogP contribution in [-0.4, -0.2) is 34.1 Å². The minimum atomic E-state index is 0.0739. The van der Waals surface area contributed by atoms with Gasteiger partial charge < -0.3 is 15.1 Å². The molecule has 2 aromatic rings. The number of phenolic OH excluding ortho intramolecular Hbond substituents is 2. The van der Waals surface area contributed by atoms with Crippen molar-refractivity contribution >= 4 is 5.91 Å². The van der Waals surface area contributed by atoms with E-state index in [1.807, 2.05) is 35.2 Å². The average Bonchev–Trinajstić information content (AvgIpc) is 2.61. The zero-order valence-corrected chi connectivity index (χ0v) is 13.7. The Morgan fingerprint density at radius 1 is 1.04 bits per heavy atom. The Labute approximate surface area is 142 Å². The largest absolute Gasteiger partial charge is 0.508 e. The van der Waals surface area contributed by atoms with Crippen molar-refractivity contribution in [2.24, 2.45) is 0 Å². The van der Waals surface area contributed by atoms with Crippen molar-refractivity contribution < 1.29 is 15.0 Å². The summed E-state index contributed by atoms with van der Waals surface area (Å²) < 4.78 is 0. The lowest BCUT2D eigenvalue weighted by molar-refractivity contribution is -0.132. The number of benzene rings is 2. The number of rotatable bonds is 4. The summed E-state index contributed by atoms with van der Waals surface area (Å²) in [4.78, 5) is 14.3. The van der Waals surface area contributed by atoms with Crippen LogP contribution in [0.1, 0.15) is 36.3 Å². The van der Waals surface area contributed by atoms with Gasteiger partial charge in [-0.3, -0.25) is 4.79 Å². The van der Waals surface area contributed by atoms with Crippen LogP contribution in [0.3, 0.4) is 0 Å². The van der Waals surface area contributed by atoms with E-state index >= 15 is 0 Å². The molecule has 0 radical (unpaired) electrons. The highest BCUT2D eigenvalue weighted by Crippen LogP contribution is 2.35. The van der Waals surface area contributed by atoms with Crippen LogP contribution in [0.2, 0.25) is 0 Å². The SMILES string of the molecule is O=C(CCc1ccccc1)N1CCC(c2ccc(O)cc2O)CC1. The Balaban J connectivity index is 1.52. The van der Waals surface area contributed by atoms with Crippen LogP contribution in [0.5, 0.6) is 11.5 Å². The van der Waals surface area contributed by atoms with Gasteiger partial charge in [-0.05, 0) is 42.4 Å². The molecular weight excluding hydrogens is 302 g/mol. The van der Waals surface area contributed by atoms with Gasteiger partial charge in [-0.15, -0.1) is 0 Å². The Kier molecular flexibility index (Phi) is 5.04. The van der Waals surface area contributed by atoms with Gasteiger partial charge in [-0.1, -0.05) is 36.4 Å². The van der Waals surface area contributed by atoms with E-state index in [2.05, 4.69) is 0 Å². The maximum Gasteiger partial charge on any atom is 0.222 e. The van der Waals surface area contributed by atoms with E-state index in [4.69, 9.17) is 0 Å². The fourth-order valence-corrected chi connectivity index (χ4v) is 3.37. The van der Waals surface area contributed by atoms with Gasteiger partial charge in [-0.25, -0.2) is 0 Å². The van der Waals surface area contributed by atoms with Crippen LogP contribution in [0.15, 0.2) is 48.5 Å². The second-order valence-electron chi connectivity index (χ2n) is 6.38.